The van der Waals surface area contributed by atoms with Crippen LogP contribution in [0.5, 0.6) is 0 Å². The first-order chi connectivity index (χ1) is 12.3. The van der Waals surface area contributed by atoms with Crippen LogP contribution >= 0.6 is 0 Å². The predicted octanol–water partition coefficient (Wildman–Crippen LogP) is -3.33. The van der Waals surface area contributed by atoms with Crippen LogP contribution in [-0.4, -0.2) is 106 Å². The molecule has 0 aromatic rings. The molecule has 0 aromatic heterocycles. The molecule has 10 atom stereocenters. The Morgan fingerprint density at radius 3 is 2.12 bits per heavy atom. The van der Waals surface area contributed by atoms with Crippen LogP contribution in [0.25, 0.3) is 0 Å². The van der Waals surface area contributed by atoms with Gasteiger partial charge in [0, 0.05) is 18.6 Å². The minimum atomic E-state index is -1.40. The van der Waals surface area contributed by atoms with Crippen LogP contribution in [-0.2, 0) is 14.2 Å². The molecular weight excluding hydrogens is 350 g/mol. The van der Waals surface area contributed by atoms with Crippen LogP contribution in [0.3, 0.4) is 0 Å². The number of hydrogen-bond donors (Lipinski definition) is 7. The van der Waals surface area contributed by atoms with Crippen LogP contribution in [0.2, 0.25) is 0 Å². The van der Waals surface area contributed by atoms with E-state index in [1.807, 2.05) is 0 Å². The lowest BCUT2D eigenvalue weighted by Gasteiger charge is -2.47. The lowest BCUT2D eigenvalue weighted by molar-refractivity contribution is -0.324. The van der Waals surface area contributed by atoms with E-state index in [0.29, 0.717) is 12.8 Å². The molecule has 0 bridgehead atoms. The number of rotatable bonds is 7. The molecule has 10 heteroatoms. The second kappa shape index (κ2) is 9.69. The van der Waals surface area contributed by atoms with E-state index in [0.717, 1.165) is 0 Å². The van der Waals surface area contributed by atoms with Crippen LogP contribution in [0, 0.1) is 5.92 Å². The summed E-state index contributed by atoms with van der Waals surface area (Å²) in [5, 5.41) is 58.9. The molecule has 2 fully saturated rings. The largest absolute Gasteiger partial charge is 0.396 e. The Labute approximate surface area is 152 Å². The number of aliphatic hydroxyl groups excluding tert-OH is 6. The Morgan fingerprint density at radius 2 is 1.54 bits per heavy atom. The smallest absolute Gasteiger partial charge is 0.185 e. The van der Waals surface area contributed by atoms with E-state index >= 15 is 0 Å². The van der Waals surface area contributed by atoms with E-state index in [4.69, 9.17) is 25.1 Å². The minimum absolute atomic E-state index is 0.0902. The molecule has 0 saturated carbocycles. The summed E-state index contributed by atoms with van der Waals surface area (Å²) in [5.41, 5.74) is 5.95. The summed E-state index contributed by atoms with van der Waals surface area (Å²) in [5.74, 6) is -0.315. The van der Waals surface area contributed by atoms with Gasteiger partial charge >= 0.3 is 0 Å². The zero-order valence-electron chi connectivity index (χ0n) is 14.8. The summed E-state index contributed by atoms with van der Waals surface area (Å²) in [6.45, 7) is 0.835. The number of ether oxygens (including phenoxy) is 3. The molecule has 0 radical (unpaired) electrons. The molecule has 10 nitrogen and oxygen atoms in total. The van der Waals surface area contributed by atoms with E-state index in [9.17, 15) is 25.5 Å². The summed E-state index contributed by atoms with van der Waals surface area (Å²) < 4.78 is 16.8. The Balaban J connectivity index is 2.09. The minimum Gasteiger partial charge on any atom is -0.396 e. The highest BCUT2D eigenvalue weighted by molar-refractivity contribution is 4.95. The topological polar surface area (TPSA) is 175 Å². The molecule has 2 rings (SSSR count). The average Bonchev–Trinajstić information content (AvgIpc) is 2.64. The van der Waals surface area contributed by atoms with Crippen molar-refractivity contribution in [1.82, 2.24) is 0 Å². The van der Waals surface area contributed by atoms with Gasteiger partial charge in [0.15, 0.2) is 6.29 Å². The van der Waals surface area contributed by atoms with Crippen molar-refractivity contribution in [3.05, 3.63) is 0 Å². The van der Waals surface area contributed by atoms with Gasteiger partial charge in [-0.2, -0.15) is 0 Å². The fourth-order valence-electron chi connectivity index (χ4n) is 3.46. The molecule has 2 aliphatic rings. The van der Waals surface area contributed by atoms with Gasteiger partial charge in [0.05, 0.1) is 25.4 Å². The first-order valence-electron chi connectivity index (χ1n) is 8.94. The average molecular weight is 381 g/mol. The Bertz CT molecular complexity index is 425. The third-order valence-corrected chi connectivity index (χ3v) is 5.26. The Kier molecular flexibility index (Phi) is 8.16. The van der Waals surface area contributed by atoms with Gasteiger partial charge in [0.25, 0.3) is 0 Å². The van der Waals surface area contributed by atoms with Crippen LogP contribution < -0.4 is 5.73 Å². The maximum absolute atomic E-state index is 10.4. The van der Waals surface area contributed by atoms with Crippen molar-refractivity contribution >= 4 is 0 Å². The molecule has 0 aromatic carbocycles. The van der Waals surface area contributed by atoms with E-state index < -0.39 is 61.7 Å². The van der Waals surface area contributed by atoms with Crippen molar-refractivity contribution in [2.75, 3.05) is 19.8 Å². The Morgan fingerprint density at radius 1 is 0.885 bits per heavy atom. The summed E-state index contributed by atoms with van der Waals surface area (Å²) >= 11 is 0. The molecule has 26 heavy (non-hydrogen) atoms. The van der Waals surface area contributed by atoms with Crippen LogP contribution in [0.4, 0.5) is 0 Å². The molecule has 2 unspecified atom stereocenters. The van der Waals surface area contributed by atoms with E-state index in [1.165, 1.54) is 0 Å². The van der Waals surface area contributed by atoms with Gasteiger partial charge in [-0.3, -0.25) is 0 Å². The van der Waals surface area contributed by atoms with Gasteiger partial charge in [-0.25, -0.2) is 0 Å². The number of nitrogens with two attached hydrogens (primary N) is 1. The maximum atomic E-state index is 10.4. The fraction of sp³-hybridized carbons (Fsp3) is 1.00. The third kappa shape index (κ3) is 4.53. The normalized spacial score (nSPS) is 47.1. The summed E-state index contributed by atoms with van der Waals surface area (Å²) in [6, 6.07) is -0.720. The molecular formula is C16H31NO9. The van der Waals surface area contributed by atoms with Gasteiger partial charge in [0.2, 0.25) is 0 Å². The fourth-order valence-corrected chi connectivity index (χ4v) is 3.46. The summed E-state index contributed by atoms with van der Waals surface area (Å²) in [4.78, 5) is 0. The van der Waals surface area contributed by atoms with E-state index in [-0.39, 0.29) is 19.1 Å². The summed E-state index contributed by atoms with van der Waals surface area (Å²) in [6.07, 6.45) is -8.05. The zero-order valence-corrected chi connectivity index (χ0v) is 14.8. The second-order valence-corrected chi connectivity index (χ2v) is 7.00. The molecule has 0 spiro atoms. The standard InChI is InChI=1S/C16H31NO9/c1-7-9(5-19)25-16(13(22)11(7)17)26-15-10(6-20)24-8(3-2-4-18)12(21)14(15)23/h7-16,18-23H,2-6,17H2,1H3/t7-,8?,9-,10-,11-,12+,13+,14-,15-,16?/m1/s1. The van der Waals surface area contributed by atoms with Crippen molar-refractivity contribution in [3.8, 4) is 0 Å². The second-order valence-electron chi connectivity index (χ2n) is 7.00. The van der Waals surface area contributed by atoms with Crippen molar-refractivity contribution in [1.29, 1.82) is 0 Å². The summed E-state index contributed by atoms with van der Waals surface area (Å²) in [7, 11) is 0. The lowest BCUT2D eigenvalue weighted by atomic mass is 9.89. The molecule has 2 aliphatic heterocycles. The number of hydrogen-bond acceptors (Lipinski definition) is 10. The van der Waals surface area contributed by atoms with Gasteiger partial charge in [0.1, 0.15) is 30.5 Å². The van der Waals surface area contributed by atoms with Crippen molar-refractivity contribution in [3.63, 3.8) is 0 Å². The third-order valence-electron chi connectivity index (χ3n) is 5.26. The molecule has 154 valence electrons. The predicted molar refractivity (Wildman–Crippen MR) is 87.8 cm³/mol. The van der Waals surface area contributed by atoms with Crippen molar-refractivity contribution in [2.24, 2.45) is 11.7 Å². The molecule has 8 N–H and O–H groups in total. The van der Waals surface area contributed by atoms with Crippen LogP contribution in [0.1, 0.15) is 19.8 Å². The van der Waals surface area contributed by atoms with Gasteiger partial charge in [-0.05, 0) is 12.8 Å². The van der Waals surface area contributed by atoms with E-state index in [1.54, 1.807) is 6.92 Å². The molecule has 0 amide bonds. The lowest BCUT2D eigenvalue weighted by Crippen LogP contribution is -2.64. The molecule has 0 aliphatic carbocycles. The SMILES string of the molecule is C[C@H]1[C@@H](N)[C@H](O)C(O[C@H]2[C@H](O)[C@@H](O)C(CCCO)O[C@@H]2CO)O[C@@H]1CO. The van der Waals surface area contributed by atoms with Crippen LogP contribution in [0.15, 0.2) is 0 Å². The quantitative estimate of drug-likeness (QED) is 0.236. The monoisotopic (exact) mass is 381 g/mol. The highest BCUT2D eigenvalue weighted by Gasteiger charge is 2.49. The highest BCUT2D eigenvalue weighted by atomic mass is 16.7. The van der Waals surface area contributed by atoms with Gasteiger partial charge in [-0.1, -0.05) is 6.92 Å². The van der Waals surface area contributed by atoms with E-state index in [2.05, 4.69) is 0 Å². The first kappa shape index (κ1) is 21.9. The van der Waals surface area contributed by atoms with Gasteiger partial charge < -0.3 is 50.6 Å². The maximum Gasteiger partial charge on any atom is 0.185 e. The molecule has 2 saturated heterocycles. The zero-order chi connectivity index (χ0) is 19.4. The number of aliphatic hydroxyl groups is 6. The molecule has 2 heterocycles. The Hall–Kier alpha value is -0.400. The highest BCUT2D eigenvalue weighted by Crippen LogP contribution is 2.31. The van der Waals surface area contributed by atoms with Crippen molar-refractivity contribution < 1.29 is 44.8 Å². The van der Waals surface area contributed by atoms with Crippen molar-refractivity contribution in [2.45, 2.75) is 74.8 Å². The van der Waals surface area contributed by atoms with Gasteiger partial charge in [-0.15, -0.1) is 0 Å². The first-order valence-corrected chi connectivity index (χ1v) is 8.94.